The van der Waals surface area contributed by atoms with Gasteiger partial charge >= 0.3 is 6.03 Å². The molecule has 17 heteroatoms. The lowest BCUT2D eigenvalue weighted by Gasteiger charge is -2.23. The zero-order valence-electron chi connectivity index (χ0n) is 28.6. The topological polar surface area (TPSA) is 234 Å². The van der Waals surface area contributed by atoms with Crippen molar-refractivity contribution >= 4 is 41.9 Å². The fourth-order valence-corrected chi connectivity index (χ4v) is 4.51. The van der Waals surface area contributed by atoms with Crippen LogP contribution in [0.25, 0.3) is 0 Å². The molecule has 0 aliphatic carbocycles. The van der Waals surface area contributed by atoms with Crippen molar-refractivity contribution in [3.8, 4) is 0 Å². The Kier molecular flexibility index (Phi) is 20.8. The average molecular weight is 687 g/mol. The van der Waals surface area contributed by atoms with Crippen LogP contribution >= 0.6 is 0 Å². The van der Waals surface area contributed by atoms with Gasteiger partial charge in [0.1, 0.15) is 12.3 Å². The van der Waals surface area contributed by atoms with Gasteiger partial charge < -0.3 is 50.7 Å². The Labute approximate surface area is 282 Å². The van der Waals surface area contributed by atoms with Crippen molar-refractivity contribution in [2.45, 2.75) is 71.9 Å². The third-order valence-corrected chi connectivity index (χ3v) is 7.19. The number of rotatable bonds is 27. The predicted octanol–water partition coefficient (Wildman–Crippen LogP) is -0.993. The number of hydrogen-bond acceptors (Lipinski definition) is 11. The number of urea groups is 1. The number of nitrogens with two attached hydrogens (primary N) is 1. The van der Waals surface area contributed by atoms with Gasteiger partial charge in [0.15, 0.2) is 0 Å². The molecule has 0 bridgehead atoms. The van der Waals surface area contributed by atoms with Crippen molar-refractivity contribution in [3.63, 3.8) is 0 Å². The lowest BCUT2D eigenvalue weighted by Crippen LogP contribution is -2.52. The molecule has 274 valence electrons. The SMILES string of the molecule is CC(C)C(NC(=O)CCOCCOCCOCCOCCNC(=O)CCN1C(=O)CC(C)(C)C1=O)C(=O)N[C@H](C=O)CCCNC(N)=O. The van der Waals surface area contributed by atoms with E-state index in [-0.39, 0.29) is 75.1 Å². The highest BCUT2D eigenvalue weighted by Gasteiger charge is 2.44. The molecule has 0 radical (unpaired) electrons. The number of amides is 7. The van der Waals surface area contributed by atoms with E-state index in [0.29, 0.717) is 65.3 Å². The maximum Gasteiger partial charge on any atom is 0.312 e. The van der Waals surface area contributed by atoms with E-state index in [1.54, 1.807) is 27.7 Å². The number of likely N-dealkylation sites (tertiary alicyclic amines) is 1. The first-order valence-electron chi connectivity index (χ1n) is 16.3. The van der Waals surface area contributed by atoms with Gasteiger partial charge in [-0.1, -0.05) is 27.7 Å². The zero-order chi connectivity index (χ0) is 36.0. The molecule has 1 heterocycles. The van der Waals surface area contributed by atoms with Crippen LogP contribution in [0.3, 0.4) is 0 Å². The zero-order valence-corrected chi connectivity index (χ0v) is 28.6. The second kappa shape index (κ2) is 23.6. The van der Waals surface area contributed by atoms with E-state index in [0.717, 1.165) is 4.90 Å². The number of carbonyl (C=O) groups is 7. The van der Waals surface area contributed by atoms with Crippen LogP contribution in [0.4, 0.5) is 4.79 Å². The number of primary amides is 1. The van der Waals surface area contributed by atoms with Crippen LogP contribution in [0.2, 0.25) is 0 Å². The summed E-state index contributed by atoms with van der Waals surface area (Å²) >= 11 is 0. The number of aldehydes is 1. The Balaban J connectivity index is 2.01. The molecule has 1 rings (SSSR count). The Morgan fingerprint density at radius 3 is 1.94 bits per heavy atom. The third-order valence-electron chi connectivity index (χ3n) is 7.19. The number of imide groups is 1. The number of nitrogens with zero attached hydrogens (tertiary/aromatic N) is 1. The first-order valence-corrected chi connectivity index (χ1v) is 16.3. The predicted molar refractivity (Wildman–Crippen MR) is 172 cm³/mol. The molecule has 1 aliphatic rings. The number of hydrogen-bond donors (Lipinski definition) is 5. The summed E-state index contributed by atoms with van der Waals surface area (Å²) < 4.78 is 21.7. The minimum absolute atomic E-state index is 0.0400. The molecule has 0 aromatic heterocycles. The van der Waals surface area contributed by atoms with Crippen LogP contribution in [0.5, 0.6) is 0 Å². The number of ether oxygens (including phenoxy) is 4. The normalized spacial score (nSPS) is 15.2. The van der Waals surface area contributed by atoms with Crippen molar-refractivity contribution < 1.29 is 52.5 Å². The molecule has 0 aromatic carbocycles. The summed E-state index contributed by atoms with van der Waals surface area (Å²) in [4.78, 5) is 84.4. The summed E-state index contributed by atoms with van der Waals surface area (Å²) in [5, 5.41) is 10.4. The first kappa shape index (κ1) is 42.4. The van der Waals surface area contributed by atoms with E-state index >= 15 is 0 Å². The van der Waals surface area contributed by atoms with Gasteiger partial charge in [-0.3, -0.25) is 28.9 Å². The highest BCUT2D eigenvalue weighted by molar-refractivity contribution is 6.05. The highest BCUT2D eigenvalue weighted by Crippen LogP contribution is 2.31. The molecule has 0 spiro atoms. The van der Waals surface area contributed by atoms with Crippen LogP contribution in [0, 0.1) is 11.3 Å². The largest absolute Gasteiger partial charge is 0.379 e. The van der Waals surface area contributed by atoms with Gasteiger partial charge in [0.2, 0.25) is 29.5 Å². The van der Waals surface area contributed by atoms with Crippen LogP contribution in [0.1, 0.15) is 59.8 Å². The Morgan fingerprint density at radius 1 is 0.833 bits per heavy atom. The Morgan fingerprint density at radius 2 is 1.42 bits per heavy atom. The van der Waals surface area contributed by atoms with Crippen LogP contribution < -0.4 is 27.0 Å². The summed E-state index contributed by atoms with van der Waals surface area (Å²) in [6, 6.07) is -2.25. The smallest absolute Gasteiger partial charge is 0.312 e. The maximum absolute atomic E-state index is 12.7. The third kappa shape index (κ3) is 18.0. The standard InChI is InChI=1S/C31H54N6O11/c1-22(2)27(28(42)35-23(21-38)6-5-9-34-30(32)44)36-25(40)8-12-45-14-16-47-18-19-48-17-15-46-13-10-33-24(39)7-11-37-26(41)20-31(3,4)29(37)43/h21-23,27H,5-20H2,1-4H3,(H,33,39)(H,35,42)(H,36,40)(H3,32,34,44)/t23-,27?/m0/s1. The van der Waals surface area contributed by atoms with Crippen molar-refractivity contribution in [1.29, 1.82) is 0 Å². The summed E-state index contributed by atoms with van der Waals surface area (Å²) in [5.74, 6) is -1.83. The summed E-state index contributed by atoms with van der Waals surface area (Å²) in [5.41, 5.74) is 4.29. The minimum Gasteiger partial charge on any atom is -0.379 e. The van der Waals surface area contributed by atoms with E-state index in [1.165, 1.54) is 0 Å². The van der Waals surface area contributed by atoms with Crippen molar-refractivity contribution in [3.05, 3.63) is 0 Å². The first-order chi connectivity index (χ1) is 22.8. The molecule has 1 saturated heterocycles. The summed E-state index contributed by atoms with van der Waals surface area (Å²) in [7, 11) is 0. The van der Waals surface area contributed by atoms with Gasteiger partial charge in [0.05, 0.1) is 64.3 Å². The van der Waals surface area contributed by atoms with Crippen molar-refractivity contribution in [2.24, 2.45) is 17.1 Å². The van der Waals surface area contributed by atoms with Gasteiger partial charge in [-0.2, -0.15) is 0 Å². The molecular formula is C31H54N6O11. The minimum atomic E-state index is -0.830. The fourth-order valence-electron chi connectivity index (χ4n) is 4.51. The van der Waals surface area contributed by atoms with E-state index in [2.05, 4.69) is 21.3 Å². The van der Waals surface area contributed by atoms with Gasteiger partial charge in [-0.25, -0.2) is 4.79 Å². The molecule has 1 fully saturated rings. The van der Waals surface area contributed by atoms with E-state index in [1.807, 2.05) is 0 Å². The summed E-state index contributed by atoms with van der Waals surface area (Å²) in [6.07, 6.45) is 1.61. The van der Waals surface area contributed by atoms with Crippen LogP contribution in [0.15, 0.2) is 0 Å². The molecule has 48 heavy (non-hydrogen) atoms. The Bertz CT molecular complexity index is 1060. The van der Waals surface area contributed by atoms with Gasteiger partial charge in [-0.05, 0) is 18.8 Å². The monoisotopic (exact) mass is 686 g/mol. The molecule has 0 saturated carbocycles. The number of nitrogens with one attached hydrogen (secondary N) is 4. The van der Waals surface area contributed by atoms with E-state index in [4.69, 9.17) is 24.7 Å². The van der Waals surface area contributed by atoms with E-state index in [9.17, 15) is 33.6 Å². The molecule has 7 amide bonds. The van der Waals surface area contributed by atoms with E-state index < -0.39 is 29.4 Å². The maximum atomic E-state index is 12.7. The molecule has 2 atom stereocenters. The highest BCUT2D eigenvalue weighted by atomic mass is 16.6. The molecule has 6 N–H and O–H groups in total. The quantitative estimate of drug-likeness (QED) is 0.0400. The van der Waals surface area contributed by atoms with Crippen molar-refractivity contribution in [2.75, 3.05) is 72.5 Å². The second-order valence-electron chi connectivity index (χ2n) is 12.2. The Hall–Kier alpha value is -3.67. The number of carbonyl (C=O) groups excluding carboxylic acids is 7. The molecular weight excluding hydrogens is 632 g/mol. The molecule has 1 aliphatic heterocycles. The lowest BCUT2D eigenvalue weighted by molar-refractivity contribution is -0.141. The average Bonchev–Trinajstić information content (AvgIpc) is 3.22. The summed E-state index contributed by atoms with van der Waals surface area (Å²) in [6.45, 7) is 10.0. The second-order valence-corrected chi connectivity index (χ2v) is 12.2. The van der Waals surface area contributed by atoms with Crippen molar-refractivity contribution in [1.82, 2.24) is 26.2 Å². The van der Waals surface area contributed by atoms with Gasteiger partial charge in [0.25, 0.3) is 0 Å². The lowest BCUT2D eigenvalue weighted by atomic mass is 9.92. The fraction of sp³-hybridized carbons (Fsp3) is 0.774. The van der Waals surface area contributed by atoms with Gasteiger partial charge in [-0.15, -0.1) is 0 Å². The molecule has 0 aromatic rings. The van der Waals surface area contributed by atoms with Gasteiger partial charge in [0, 0.05) is 38.9 Å². The molecule has 17 nitrogen and oxygen atoms in total. The van der Waals surface area contributed by atoms with Crippen LogP contribution in [-0.2, 0) is 47.7 Å². The van der Waals surface area contributed by atoms with Crippen LogP contribution in [-0.4, -0.2) is 131 Å². The molecule has 1 unspecified atom stereocenters.